The van der Waals surface area contributed by atoms with Gasteiger partial charge >= 0.3 is 0 Å². The van der Waals surface area contributed by atoms with Crippen LogP contribution in [0.3, 0.4) is 0 Å². The minimum absolute atomic E-state index is 0.971. The molecule has 0 atom stereocenters. The van der Waals surface area contributed by atoms with Crippen molar-refractivity contribution in [3.05, 3.63) is 24.0 Å². The first-order valence-electron chi connectivity index (χ1n) is 4.62. The van der Waals surface area contributed by atoms with Gasteiger partial charge in [0.05, 0.1) is 18.2 Å². The van der Waals surface area contributed by atoms with Gasteiger partial charge in [-0.05, 0) is 12.5 Å². The van der Waals surface area contributed by atoms with Crippen LogP contribution in [0.4, 0.5) is 5.13 Å². The highest BCUT2D eigenvalue weighted by Crippen LogP contribution is 2.24. The number of nitrogens with zero attached hydrogens (tertiary/aromatic N) is 1. The van der Waals surface area contributed by atoms with E-state index in [9.17, 15) is 0 Å². The van der Waals surface area contributed by atoms with Crippen molar-refractivity contribution in [2.75, 3.05) is 11.9 Å². The zero-order chi connectivity index (χ0) is 9.80. The van der Waals surface area contributed by atoms with E-state index < -0.39 is 0 Å². The van der Waals surface area contributed by atoms with Crippen molar-refractivity contribution in [1.82, 2.24) is 4.98 Å². The Labute approximate surface area is 86.8 Å². The molecule has 0 fully saturated rings. The fraction of sp³-hybridized carbons (Fsp3) is 0.300. The van der Waals surface area contributed by atoms with Crippen LogP contribution in [0.1, 0.15) is 13.3 Å². The highest BCUT2D eigenvalue weighted by atomic mass is 32.1. The SMILES string of the molecule is CCCNc1nc(-c2ccoc2)cs1. The second kappa shape index (κ2) is 4.28. The van der Waals surface area contributed by atoms with Gasteiger partial charge in [0.25, 0.3) is 0 Å². The molecule has 0 aliphatic carbocycles. The Morgan fingerprint density at radius 3 is 3.21 bits per heavy atom. The minimum atomic E-state index is 0.971. The molecule has 0 saturated carbocycles. The molecule has 0 aliphatic heterocycles. The van der Waals surface area contributed by atoms with Gasteiger partial charge < -0.3 is 9.73 Å². The summed E-state index contributed by atoms with van der Waals surface area (Å²) in [5.74, 6) is 0. The number of furan rings is 1. The summed E-state index contributed by atoms with van der Waals surface area (Å²) in [6.07, 6.45) is 4.48. The van der Waals surface area contributed by atoms with Gasteiger partial charge in [0.2, 0.25) is 0 Å². The van der Waals surface area contributed by atoms with Gasteiger partial charge in [-0.2, -0.15) is 0 Å². The molecule has 74 valence electrons. The van der Waals surface area contributed by atoms with E-state index in [1.807, 2.05) is 11.4 Å². The predicted molar refractivity (Wildman–Crippen MR) is 58.6 cm³/mol. The molecule has 4 heteroatoms. The molecule has 0 amide bonds. The van der Waals surface area contributed by atoms with E-state index in [1.54, 1.807) is 23.9 Å². The van der Waals surface area contributed by atoms with Gasteiger partial charge in [-0.15, -0.1) is 11.3 Å². The van der Waals surface area contributed by atoms with Crippen LogP contribution in [0.2, 0.25) is 0 Å². The number of nitrogens with one attached hydrogen (secondary N) is 1. The van der Waals surface area contributed by atoms with E-state index >= 15 is 0 Å². The first-order valence-corrected chi connectivity index (χ1v) is 5.50. The molecule has 2 heterocycles. The Bertz CT molecular complexity index is 380. The lowest BCUT2D eigenvalue weighted by atomic mass is 10.3. The maximum Gasteiger partial charge on any atom is 0.183 e. The Balaban J connectivity index is 2.10. The number of rotatable bonds is 4. The van der Waals surface area contributed by atoms with Crippen LogP contribution < -0.4 is 5.32 Å². The number of thiazole rings is 1. The fourth-order valence-electron chi connectivity index (χ4n) is 1.13. The van der Waals surface area contributed by atoms with Gasteiger partial charge in [-0.25, -0.2) is 4.98 Å². The van der Waals surface area contributed by atoms with Crippen LogP contribution in [0.25, 0.3) is 11.3 Å². The smallest absolute Gasteiger partial charge is 0.183 e. The maximum atomic E-state index is 5.00. The summed E-state index contributed by atoms with van der Waals surface area (Å²) >= 11 is 1.62. The monoisotopic (exact) mass is 208 g/mol. The lowest BCUT2D eigenvalue weighted by Crippen LogP contribution is -1.98. The van der Waals surface area contributed by atoms with E-state index in [4.69, 9.17) is 4.42 Å². The molecule has 0 bridgehead atoms. The summed E-state index contributed by atoms with van der Waals surface area (Å²) in [7, 11) is 0. The van der Waals surface area contributed by atoms with Crippen molar-refractivity contribution in [2.45, 2.75) is 13.3 Å². The van der Waals surface area contributed by atoms with Gasteiger partial charge in [0.15, 0.2) is 5.13 Å². The predicted octanol–water partition coefficient (Wildman–Crippen LogP) is 3.23. The summed E-state index contributed by atoms with van der Waals surface area (Å²) < 4.78 is 5.00. The van der Waals surface area contributed by atoms with Gasteiger partial charge in [0, 0.05) is 17.5 Å². The van der Waals surface area contributed by atoms with Crippen molar-refractivity contribution in [2.24, 2.45) is 0 Å². The van der Waals surface area contributed by atoms with Crippen molar-refractivity contribution < 1.29 is 4.42 Å². The molecule has 14 heavy (non-hydrogen) atoms. The van der Waals surface area contributed by atoms with Crippen LogP contribution in [0, 0.1) is 0 Å². The molecule has 0 saturated heterocycles. The topological polar surface area (TPSA) is 38.1 Å². The normalized spacial score (nSPS) is 10.4. The summed E-state index contributed by atoms with van der Waals surface area (Å²) in [4.78, 5) is 4.44. The second-order valence-electron chi connectivity index (χ2n) is 2.98. The highest BCUT2D eigenvalue weighted by molar-refractivity contribution is 7.14. The Morgan fingerprint density at radius 1 is 1.57 bits per heavy atom. The molecule has 2 rings (SSSR count). The third-order valence-electron chi connectivity index (χ3n) is 1.85. The van der Waals surface area contributed by atoms with Crippen molar-refractivity contribution >= 4 is 16.5 Å². The number of aromatic nitrogens is 1. The van der Waals surface area contributed by atoms with Crippen molar-refractivity contribution in [3.63, 3.8) is 0 Å². The average molecular weight is 208 g/mol. The van der Waals surface area contributed by atoms with E-state index in [0.29, 0.717) is 0 Å². The molecule has 3 nitrogen and oxygen atoms in total. The van der Waals surface area contributed by atoms with Crippen LogP contribution in [-0.2, 0) is 0 Å². The van der Waals surface area contributed by atoms with E-state index in [2.05, 4.69) is 17.2 Å². The third-order valence-corrected chi connectivity index (χ3v) is 2.65. The standard InChI is InChI=1S/C10H12N2OS/c1-2-4-11-10-12-9(7-14-10)8-3-5-13-6-8/h3,5-7H,2,4H2,1H3,(H,11,12). The van der Waals surface area contributed by atoms with Crippen LogP contribution in [0.5, 0.6) is 0 Å². The largest absolute Gasteiger partial charge is 0.472 e. The van der Waals surface area contributed by atoms with Crippen molar-refractivity contribution in [3.8, 4) is 11.3 Å². The van der Waals surface area contributed by atoms with Crippen LogP contribution >= 0.6 is 11.3 Å². The zero-order valence-corrected chi connectivity index (χ0v) is 8.80. The van der Waals surface area contributed by atoms with Gasteiger partial charge in [-0.1, -0.05) is 6.92 Å². The minimum Gasteiger partial charge on any atom is -0.472 e. The first-order chi connectivity index (χ1) is 6.90. The Hall–Kier alpha value is -1.29. The molecule has 0 spiro atoms. The maximum absolute atomic E-state index is 5.00. The summed E-state index contributed by atoms with van der Waals surface area (Å²) in [5, 5.41) is 6.26. The lowest BCUT2D eigenvalue weighted by Gasteiger charge is -1.96. The van der Waals surface area contributed by atoms with E-state index in [-0.39, 0.29) is 0 Å². The summed E-state index contributed by atoms with van der Waals surface area (Å²) in [6, 6.07) is 1.92. The molecule has 0 radical (unpaired) electrons. The lowest BCUT2D eigenvalue weighted by molar-refractivity contribution is 0.568. The molecule has 0 aromatic carbocycles. The zero-order valence-electron chi connectivity index (χ0n) is 7.99. The molecule has 2 aromatic heterocycles. The summed E-state index contributed by atoms with van der Waals surface area (Å²) in [6.45, 7) is 3.11. The van der Waals surface area contributed by atoms with Crippen molar-refractivity contribution in [1.29, 1.82) is 0 Å². The number of anilines is 1. The van der Waals surface area contributed by atoms with E-state index in [1.165, 1.54) is 0 Å². The number of hydrogen-bond donors (Lipinski definition) is 1. The summed E-state index contributed by atoms with van der Waals surface area (Å²) in [5.41, 5.74) is 2.01. The fourth-order valence-corrected chi connectivity index (χ4v) is 1.88. The molecule has 2 aromatic rings. The number of hydrogen-bond acceptors (Lipinski definition) is 4. The Morgan fingerprint density at radius 2 is 2.50 bits per heavy atom. The molecular formula is C10H12N2OS. The van der Waals surface area contributed by atoms with Gasteiger partial charge in [-0.3, -0.25) is 0 Å². The molecule has 0 aliphatic rings. The van der Waals surface area contributed by atoms with Crippen LogP contribution in [-0.4, -0.2) is 11.5 Å². The average Bonchev–Trinajstić information content (AvgIpc) is 2.85. The molecular weight excluding hydrogens is 196 g/mol. The van der Waals surface area contributed by atoms with Gasteiger partial charge in [0.1, 0.15) is 0 Å². The molecule has 1 N–H and O–H groups in total. The third kappa shape index (κ3) is 1.96. The van der Waals surface area contributed by atoms with E-state index in [0.717, 1.165) is 29.4 Å². The Kier molecular flexibility index (Phi) is 2.84. The highest BCUT2D eigenvalue weighted by Gasteiger charge is 2.04. The second-order valence-corrected chi connectivity index (χ2v) is 3.83. The molecule has 0 unspecified atom stereocenters. The quantitative estimate of drug-likeness (QED) is 0.838. The van der Waals surface area contributed by atoms with Crippen LogP contribution in [0.15, 0.2) is 28.4 Å². The first kappa shape index (κ1) is 9.27.